The van der Waals surface area contributed by atoms with E-state index < -0.39 is 0 Å². The first-order valence-electron chi connectivity index (χ1n) is 8.76. The minimum Gasteiger partial charge on any atom is -0.348 e. The number of likely N-dealkylation sites (tertiary alicyclic amines) is 1. The summed E-state index contributed by atoms with van der Waals surface area (Å²) < 4.78 is 0. The number of carbonyl (C=O) groups is 3. The van der Waals surface area contributed by atoms with E-state index in [0.29, 0.717) is 17.9 Å². The van der Waals surface area contributed by atoms with Crippen molar-refractivity contribution in [2.24, 2.45) is 11.8 Å². The summed E-state index contributed by atoms with van der Waals surface area (Å²) in [6, 6.07) is 5.54. The van der Waals surface area contributed by atoms with Crippen molar-refractivity contribution in [1.82, 2.24) is 10.2 Å². The second-order valence-electron chi connectivity index (χ2n) is 6.86. The van der Waals surface area contributed by atoms with Gasteiger partial charge in [0.05, 0.1) is 17.9 Å². The number of hydrogen-bond donors (Lipinski definition) is 1. The molecule has 1 fully saturated rings. The summed E-state index contributed by atoms with van der Waals surface area (Å²) in [6.07, 6.45) is 5.84. The molecule has 5 nitrogen and oxygen atoms in total. The highest BCUT2D eigenvalue weighted by atomic mass is 35.5. The van der Waals surface area contributed by atoms with Gasteiger partial charge in [0.1, 0.15) is 6.54 Å². The van der Waals surface area contributed by atoms with Crippen molar-refractivity contribution >= 4 is 41.1 Å². The van der Waals surface area contributed by atoms with Crippen LogP contribution in [0.15, 0.2) is 35.2 Å². The Morgan fingerprint density at radius 2 is 1.88 bits per heavy atom. The Morgan fingerprint density at radius 3 is 2.58 bits per heavy atom. The van der Waals surface area contributed by atoms with Gasteiger partial charge in [-0.2, -0.15) is 0 Å². The molecule has 2 heterocycles. The molecule has 3 amide bonds. The second-order valence-corrected chi connectivity index (χ2v) is 8.43. The molecule has 26 heavy (non-hydrogen) atoms. The average Bonchev–Trinajstić information content (AvgIpc) is 2.87. The Hall–Kier alpha value is -1.79. The number of imide groups is 1. The third-order valence-electron chi connectivity index (χ3n) is 5.25. The molecule has 7 heteroatoms. The van der Waals surface area contributed by atoms with Crippen LogP contribution in [0.3, 0.4) is 0 Å². The molecule has 1 aromatic rings. The van der Waals surface area contributed by atoms with Crippen LogP contribution in [-0.4, -0.2) is 34.9 Å². The van der Waals surface area contributed by atoms with Crippen molar-refractivity contribution in [3.8, 4) is 0 Å². The van der Waals surface area contributed by atoms with Gasteiger partial charge in [0, 0.05) is 15.7 Å². The molecule has 0 aromatic heterocycles. The van der Waals surface area contributed by atoms with E-state index in [4.69, 9.17) is 11.6 Å². The van der Waals surface area contributed by atoms with Crippen molar-refractivity contribution in [3.05, 3.63) is 40.9 Å². The van der Waals surface area contributed by atoms with Crippen molar-refractivity contribution < 1.29 is 14.4 Å². The summed E-state index contributed by atoms with van der Waals surface area (Å²) in [5.74, 6) is -0.445. The summed E-state index contributed by atoms with van der Waals surface area (Å²) in [7, 11) is 0. The Balaban J connectivity index is 1.45. The number of amides is 3. The Bertz CT molecular complexity index is 784. The van der Waals surface area contributed by atoms with Gasteiger partial charge in [0.15, 0.2) is 0 Å². The number of fused-ring (bicyclic) bond motifs is 2. The van der Waals surface area contributed by atoms with E-state index in [-0.39, 0.29) is 42.1 Å². The monoisotopic (exact) mass is 390 g/mol. The number of nitrogens with one attached hydrogen (secondary N) is 1. The van der Waals surface area contributed by atoms with Crippen molar-refractivity contribution in [1.29, 1.82) is 0 Å². The topological polar surface area (TPSA) is 66.5 Å². The normalized spacial score (nSPS) is 27.3. The first-order chi connectivity index (χ1) is 12.5. The molecule has 4 rings (SSSR count). The van der Waals surface area contributed by atoms with Gasteiger partial charge in [-0.25, -0.2) is 0 Å². The SMILES string of the molecule is O=C(CN1C(=O)[C@H]2CC=CC[C@H]2C1=O)N[C@@H]1CCSc2ccc(Cl)cc21. The number of allylic oxidation sites excluding steroid dienone is 2. The molecular formula is C19H19ClN2O3S. The van der Waals surface area contributed by atoms with E-state index in [1.165, 1.54) is 0 Å². The minimum absolute atomic E-state index is 0.144. The van der Waals surface area contributed by atoms with Crippen molar-refractivity contribution in [2.75, 3.05) is 12.3 Å². The number of benzene rings is 1. The molecule has 1 aliphatic carbocycles. The average molecular weight is 391 g/mol. The van der Waals surface area contributed by atoms with E-state index in [1.807, 2.05) is 30.4 Å². The van der Waals surface area contributed by atoms with E-state index in [9.17, 15) is 14.4 Å². The van der Waals surface area contributed by atoms with Crippen LogP contribution in [0.4, 0.5) is 0 Å². The Kier molecular flexibility index (Phi) is 4.80. The molecule has 1 saturated heterocycles. The molecule has 1 aromatic carbocycles. The van der Waals surface area contributed by atoms with Gasteiger partial charge in [0.25, 0.3) is 0 Å². The van der Waals surface area contributed by atoms with Crippen LogP contribution in [0.5, 0.6) is 0 Å². The van der Waals surface area contributed by atoms with Crippen LogP contribution >= 0.6 is 23.4 Å². The van der Waals surface area contributed by atoms with Crippen LogP contribution in [0, 0.1) is 11.8 Å². The molecule has 0 spiro atoms. The lowest BCUT2D eigenvalue weighted by Crippen LogP contribution is -2.42. The third-order valence-corrected chi connectivity index (χ3v) is 6.60. The van der Waals surface area contributed by atoms with E-state index in [2.05, 4.69) is 5.32 Å². The largest absolute Gasteiger partial charge is 0.348 e. The maximum atomic E-state index is 12.5. The van der Waals surface area contributed by atoms with Crippen molar-refractivity contribution in [3.63, 3.8) is 0 Å². The van der Waals surface area contributed by atoms with Crippen LogP contribution in [0.1, 0.15) is 30.9 Å². The van der Waals surface area contributed by atoms with Gasteiger partial charge in [0.2, 0.25) is 17.7 Å². The zero-order valence-corrected chi connectivity index (χ0v) is 15.7. The van der Waals surface area contributed by atoms with Gasteiger partial charge in [-0.1, -0.05) is 23.8 Å². The van der Waals surface area contributed by atoms with Gasteiger partial charge in [-0.15, -0.1) is 11.8 Å². The molecule has 1 N–H and O–H groups in total. The van der Waals surface area contributed by atoms with Gasteiger partial charge in [-0.05, 0) is 43.0 Å². The van der Waals surface area contributed by atoms with E-state index >= 15 is 0 Å². The highest BCUT2D eigenvalue weighted by molar-refractivity contribution is 7.99. The second kappa shape index (κ2) is 7.08. The first-order valence-corrected chi connectivity index (χ1v) is 10.1. The van der Waals surface area contributed by atoms with Crippen LogP contribution in [-0.2, 0) is 14.4 Å². The molecule has 0 bridgehead atoms. The molecule has 136 valence electrons. The molecule has 3 aliphatic rings. The Labute approximate surface area is 161 Å². The molecule has 0 radical (unpaired) electrons. The zero-order chi connectivity index (χ0) is 18.3. The molecule has 3 atom stereocenters. The number of nitrogens with zero attached hydrogens (tertiary/aromatic N) is 1. The number of carbonyl (C=O) groups excluding carboxylic acids is 3. The standard InChI is InChI=1S/C19H19ClN2O3S/c20-11-5-6-16-14(9-11)15(7-8-26-16)21-17(23)10-22-18(24)12-3-1-2-4-13(12)19(22)25/h1-2,5-6,9,12-13,15H,3-4,7-8,10H2,(H,21,23)/t12-,13+,15-/m1/s1. The van der Waals surface area contributed by atoms with Crippen LogP contribution in [0.25, 0.3) is 0 Å². The van der Waals surface area contributed by atoms with Crippen molar-refractivity contribution in [2.45, 2.75) is 30.2 Å². The first kappa shape index (κ1) is 17.6. The van der Waals surface area contributed by atoms with Crippen LogP contribution in [0.2, 0.25) is 5.02 Å². The zero-order valence-electron chi connectivity index (χ0n) is 14.1. The third kappa shape index (κ3) is 3.16. The fourth-order valence-corrected chi connectivity index (χ4v) is 5.21. The Morgan fingerprint density at radius 1 is 1.19 bits per heavy atom. The fraction of sp³-hybridized carbons (Fsp3) is 0.421. The van der Waals surface area contributed by atoms with E-state index in [1.54, 1.807) is 11.8 Å². The number of hydrogen-bond acceptors (Lipinski definition) is 4. The predicted octanol–water partition coefficient (Wildman–Crippen LogP) is 2.94. The smallest absolute Gasteiger partial charge is 0.240 e. The number of halogens is 1. The van der Waals surface area contributed by atoms with Crippen LogP contribution < -0.4 is 5.32 Å². The van der Waals surface area contributed by atoms with Gasteiger partial charge < -0.3 is 5.32 Å². The highest BCUT2D eigenvalue weighted by Gasteiger charge is 2.47. The van der Waals surface area contributed by atoms with Gasteiger partial charge >= 0.3 is 0 Å². The maximum Gasteiger partial charge on any atom is 0.240 e. The summed E-state index contributed by atoms with van der Waals surface area (Å²) in [5, 5.41) is 3.61. The summed E-state index contributed by atoms with van der Waals surface area (Å²) in [5.41, 5.74) is 0.999. The maximum absolute atomic E-state index is 12.5. The minimum atomic E-state index is -0.305. The lowest BCUT2D eigenvalue weighted by atomic mass is 9.85. The lowest BCUT2D eigenvalue weighted by Gasteiger charge is -2.27. The molecule has 0 unspecified atom stereocenters. The van der Waals surface area contributed by atoms with Gasteiger partial charge in [-0.3, -0.25) is 19.3 Å². The predicted molar refractivity (Wildman–Crippen MR) is 99.8 cm³/mol. The summed E-state index contributed by atoms with van der Waals surface area (Å²) in [6.45, 7) is -0.204. The molecule has 0 saturated carbocycles. The molecular weight excluding hydrogens is 372 g/mol. The number of rotatable bonds is 3. The summed E-state index contributed by atoms with van der Waals surface area (Å²) >= 11 is 7.84. The molecule has 2 aliphatic heterocycles. The quantitative estimate of drug-likeness (QED) is 0.636. The number of thioether (sulfide) groups is 1. The summed E-state index contributed by atoms with van der Waals surface area (Å²) in [4.78, 5) is 39.8. The van der Waals surface area contributed by atoms with E-state index in [0.717, 1.165) is 27.5 Å². The lowest BCUT2D eigenvalue weighted by molar-refractivity contribution is -0.143. The highest BCUT2D eigenvalue weighted by Crippen LogP contribution is 2.38. The fourth-order valence-electron chi connectivity index (χ4n) is 3.92.